The summed E-state index contributed by atoms with van der Waals surface area (Å²) in [4.78, 5) is 2.35. The van der Waals surface area contributed by atoms with Gasteiger partial charge in [0, 0.05) is 18.4 Å². The molecule has 0 N–H and O–H groups in total. The van der Waals surface area contributed by atoms with E-state index >= 15 is 0 Å². The quantitative estimate of drug-likeness (QED) is 0.353. The Balaban J connectivity index is 1.82. The van der Waals surface area contributed by atoms with Gasteiger partial charge in [0.15, 0.2) is 0 Å². The maximum atomic E-state index is 2.43. The van der Waals surface area contributed by atoms with Crippen molar-refractivity contribution in [3.8, 4) is 0 Å². The molecule has 1 unspecified atom stereocenters. The number of hydrogen-bond donors (Lipinski definition) is 0. The molecule has 1 nitrogen and oxygen atoms in total. The first kappa shape index (κ1) is 22.7. The Morgan fingerprint density at radius 3 is 2.60 bits per heavy atom. The Hall–Kier alpha value is -2.02. The van der Waals surface area contributed by atoms with E-state index in [1.165, 1.54) is 73.9 Å². The number of likely N-dealkylation sites (N-methyl/N-ethyl adjacent to an activating group) is 1. The molecule has 2 aliphatic rings. The van der Waals surface area contributed by atoms with Crippen LogP contribution < -0.4 is 4.90 Å². The van der Waals surface area contributed by atoms with Crippen molar-refractivity contribution < 1.29 is 0 Å². The molecule has 0 fully saturated rings. The Kier molecular flexibility index (Phi) is 8.61. The molecule has 30 heavy (non-hydrogen) atoms. The van der Waals surface area contributed by atoms with Crippen LogP contribution in [0.5, 0.6) is 0 Å². The van der Waals surface area contributed by atoms with E-state index in [1.807, 2.05) is 0 Å². The Bertz CT molecular complexity index is 821. The van der Waals surface area contributed by atoms with E-state index in [2.05, 4.69) is 81.3 Å². The van der Waals surface area contributed by atoms with Gasteiger partial charge in [-0.05, 0) is 91.3 Å². The topological polar surface area (TPSA) is 3.24 Å². The fraction of sp³-hybridized carbons (Fsp3) is 0.517. The summed E-state index contributed by atoms with van der Waals surface area (Å²) < 4.78 is 0. The summed E-state index contributed by atoms with van der Waals surface area (Å²) in [7, 11) is 2.21. The highest BCUT2D eigenvalue weighted by Crippen LogP contribution is 2.35. The number of benzene rings is 1. The Morgan fingerprint density at radius 2 is 1.90 bits per heavy atom. The van der Waals surface area contributed by atoms with E-state index in [9.17, 15) is 0 Å². The van der Waals surface area contributed by atoms with Gasteiger partial charge in [0.2, 0.25) is 0 Å². The van der Waals surface area contributed by atoms with Crippen molar-refractivity contribution in [2.24, 2.45) is 5.92 Å². The van der Waals surface area contributed by atoms with E-state index in [-0.39, 0.29) is 0 Å². The highest BCUT2D eigenvalue weighted by molar-refractivity contribution is 5.76. The standard InChI is InChI=1S/C29H41N/c1-5-8-9-10-13-25-14-11-12-15-28(25)29-21-20-27(22-24(29)7-3)30(4)26-18-16-23(6-2)17-19-26/h11,14,16,18-23H,5-10,12-13,15,17H2,1-4H3. The number of anilines is 1. The predicted octanol–water partition coefficient (Wildman–Crippen LogP) is 8.63. The molecule has 1 aromatic rings. The Labute approximate surface area is 185 Å². The van der Waals surface area contributed by atoms with E-state index in [0.717, 1.165) is 12.8 Å². The van der Waals surface area contributed by atoms with Gasteiger partial charge in [-0.25, -0.2) is 0 Å². The van der Waals surface area contributed by atoms with Gasteiger partial charge < -0.3 is 4.90 Å². The van der Waals surface area contributed by atoms with E-state index in [0.29, 0.717) is 5.92 Å². The Morgan fingerprint density at radius 1 is 1.03 bits per heavy atom. The third kappa shape index (κ3) is 5.56. The molecule has 0 amide bonds. The number of allylic oxidation sites excluding steroid dienone is 7. The van der Waals surface area contributed by atoms with Gasteiger partial charge in [0.1, 0.15) is 0 Å². The first-order valence-corrected chi connectivity index (χ1v) is 12.3. The van der Waals surface area contributed by atoms with Crippen molar-refractivity contribution >= 4 is 11.3 Å². The molecule has 0 saturated heterocycles. The minimum Gasteiger partial charge on any atom is -0.345 e. The molecular weight excluding hydrogens is 362 g/mol. The number of hydrogen-bond acceptors (Lipinski definition) is 1. The second kappa shape index (κ2) is 11.4. The normalized spacial score (nSPS) is 18.7. The minimum atomic E-state index is 0.706. The molecule has 0 aromatic heterocycles. The van der Waals surface area contributed by atoms with Crippen molar-refractivity contribution in [1.29, 1.82) is 0 Å². The average molecular weight is 404 g/mol. The number of unbranched alkanes of at least 4 members (excludes halogenated alkanes) is 3. The van der Waals surface area contributed by atoms with Crippen LogP contribution in [0.25, 0.3) is 5.57 Å². The smallest absolute Gasteiger partial charge is 0.0411 e. The number of nitrogens with zero attached hydrogens (tertiary/aromatic N) is 1. The molecular formula is C29H41N. The van der Waals surface area contributed by atoms with Gasteiger partial charge in [0.05, 0.1) is 0 Å². The highest BCUT2D eigenvalue weighted by atomic mass is 15.1. The van der Waals surface area contributed by atoms with Crippen LogP contribution in [0.4, 0.5) is 5.69 Å². The first-order chi connectivity index (χ1) is 14.7. The molecule has 3 rings (SSSR count). The van der Waals surface area contributed by atoms with Crippen molar-refractivity contribution in [1.82, 2.24) is 0 Å². The van der Waals surface area contributed by atoms with Crippen LogP contribution in [0.2, 0.25) is 0 Å². The maximum Gasteiger partial charge on any atom is 0.0411 e. The van der Waals surface area contributed by atoms with Crippen LogP contribution >= 0.6 is 0 Å². The van der Waals surface area contributed by atoms with Crippen LogP contribution in [-0.4, -0.2) is 7.05 Å². The largest absolute Gasteiger partial charge is 0.345 e. The van der Waals surface area contributed by atoms with Crippen LogP contribution in [-0.2, 0) is 6.42 Å². The first-order valence-electron chi connectivity index (χ1n) is 12.3. The zero-order valence-corrected chi connectivity index (χ0v) is 19.7. The van der Waals surface area contributed by atoms with Crippen molar-refractivity contribution in [2.45, 2.75) is 85.0 Å². The third-order valence-electron chi connectivity index (χ3n) is 6.83. The molecule has 0 bridgehead atoms. The second-order valence-corrected chi connectivity index (χ2v) is 8.90. The van der Waals surface area contributed by atoms with Gasteiger partial charge in [-0.2, -0.15) is 0 Å². The van der Waals surface area contributed by atoms with Gasteiger partial charge in [-0.3, -0.25) is 0 Å². The lowest BCUT2D eigenvalue weighted by atomic mass is 9.86. The molecule has 2 aliphatic carbocycles. The lowest BCUT2D eigenvalue weighted by Gasteiger charge is -2.26. The molecule has 1 aromatic carbocycles. The van der Waals surface area contributed by atoms with Gasteiger partial charge in [0.25, 0.3) is 0 Å². The summed E-state index contributed by atoms with van der Waals surface area (Å²) in [6.07, 6.45) is 24.3. The lowest BCUT2D eigenvalue weighted by Crippen LogP contribution is -2.17. The zero-order valence-electron chi connectivity index (χ0n) is 19.7. The molecule has 162 valence electrons. The highest BCUT2D eigenvalue weighted by Gasteiger charge is 2.16. The van der Waals surface area contributed by atoms with Crippen LogP contribution in [0.15, 0.2) is 59.8 Å². The number of rotatable bonds is 10. The van der Waals surface area contributed by atoms with Crippen molar-refractivity contribution in [2.75, 3.05) is 11.9 Å². The molecule has 1 atom stereocenters. The maximum absolute atomic E-state index is 2.43. The van der Waals surface area contributed by atoms with Gasteiger partial charge in [-0.15, -0.1) is 0 Å². The molecule has 0 radical (unpaired) electrons. The van der Waals surface area contributed by atoms with Crippen molar-refractivity contribution in [3.05, 3.63) is 71.0 Å². The van der Waals surface area contributed by atoms with Crippen LogP contribution in [0.3, 0.4) is 0 Å². The number of aryl methyl sites for hydroxylation is 1. The predicted molar refractivity (Wildman–Crippen MR) is 134 cm³/mol. The lowest BCUT2D eigenvalue weighted by molar-refractivity contribution is 0.628. The third-order valence-corrected chi connectivity index (χ3v) is 6.83. The fourth-order valence-electron chi connectivity index (χ4n) is 4.73. The summed E-state index contributed by atoms with van der Waals surface area (Å²) in [6, 6.07) is 7.15. The van der Waals surface area contributed by atoms with E-state index < -0.39 is 0 Å². The molecule has 1 heteroatoms. The molecule has 0 spiro atoms. The summed E-state index contributed by atoms with van der Waals surface area (Å²) >= 11 is 0. The summed E-state index contributed by atoms with van der Waals surface area (Å²) in [5.74, 6) is 0.706. The molecule has 0 saturated carbocycles. The minimum absolute atomic E-state index is 0.706. The van der Waals surface area contributed by atoms with Gasteiger partial charge >= 0.3 is 0 Å². The summed E-state index contributed by atoms with van der Waals surface area (Å²) in [6.45, 7) is 6.87. The van der Waals surface area contributed by atoms with E-state index in [4.69, 9.17) is 0 Å². The summed E-state index contributed by atoms with van der Waals surface area (Å²) in [5.41, 5.74) is 8.79. The second-order valence-electron chi connectivity index (χ2n) is 8.90. The van der Waals surface area contributed by atoms with E-state index in [1.54, 1.807) is 11.1 Å². The fourth-order valence-corrected chi connectivity index (χ4v) is 4.73. The van der Waals surface area contributed by atoms with Gasteiger partial charge in [-0.1, -0.05) is 70.4 Å². The molecule has 0 heterocycles. The SMILES string of the molecule is CCCCCCC1=C(c2ccc(N(C)C3=CCC(CC)C=C3)cc2CC)CCC=C1. The summed E-state index contributed by atoms with van der Waals surface area (Å²) in [5, 5.41) is 0. The average Bonchev–Trinajstić information content (AvgIpc) is 2.81. The van der Waals surface area contributed by atoms with Crippen LogP contribution in [0, 0.1) is 5.92 Å². The zero-order chi connectivity index (χ0) is 21.3. The van der Waals surface area contributed by atoms with Crippen LogP contribution in [0.1, 0.15) is 89.7 Å². The van der Waals surface area contributed by atoms with Crippen molar-refractivity contribution in [3.63, 3.8) is 0 Å². The monoisotopic (exact) mass is 403 g/mol. The molecule has 0 aliphatic heterocycles.